The predicted molar refractivity (Wildman–Crippen MR) is 59.9 cm³/mol. The topological polar surface area (TPSA) is 58.2 Å². The molecule has 0 aliphatic carbocycles. The second-order valence-corrected chi connectivity index (χ2v) is 4.08. The fraction of sp³-hybridized carbons (Fsp3) is 0.333. The van der Waals surface area contributed by atoms with E-state index >= 15 is 0 Å². The summed E-state index contributed by atoms with van der Waals surface area (Å²) in [4.78, 5) is 23.2. The van der Waals surface area contributed by atoms with Crippen LogP contribution in [0.15, 0.2) is 18.2 Å². The van der Waals surface area contributed by atoms with E-state index in [-0.39, 0.29) is 5.91 Å². The van der Waals surface area contributed by atoms with Gasteiger partial charge in [-0.05, 0) is 31.0 Å². The molecule has 2 amide bonds. The van der Waals surface area contributed by atoms with Gasteiger partial charge in [-0.1, -0.05) is 0 Å². The number of halogens is 2. The highest BCUT2D eigenvalue weighted by molar-refractivity contribution is 5.97. The van der Waals surface area contributed by atoms with Crippen LogP contribution in [0.1, 0.15) is 23.2 Å². The van der Waals surface area contributed by atoms with Crippen LogP contribution in [0.3, 0.4) is 0 Å². The molecular weight excluding hydrogens is 242 g/mol. The molecule has 96 valence electrons. The van der Waals surface area contributed by atoms with Gasteiger partial charge in [0.25, 0.3) is 5.91 Å². The second kappa shape index (κ2) is 5.12. The SMILES string of the molecule is O=C(N[C@H]1CCCNC1=O)c1cc(F)ccc1F. The van der Waals surface area contributed by atoms with Crippen molar-refractivity contribution in [2.24, 2.45) is 0 Å². The summed E-state index contributed by atoms with van der Waals surface area (Å²) in [5.74, 6) is -2.60. The molecule has 0 aromatic heterocycles. The third kappa shape index (κ3) is 2.64. The summed E-state index contributed by atoms with van der Waals surface area (Å²) in [5.41, 5.74) is -0.395. The number of benzene rings is 1. The Hall–Kier alpha value is -1.98. The molecule has 2 N–H and O–H groups in total. The highest BCUT2D eigenvalue weighted by atomic mass is 19.1. The number of amides is 2. The van der Waals surface area contributed by atoms with Gasteiger partial charge >= 0.3 is 0 Å². The third-order valence-corrected chi connectivity index (χ3v) is 2.76. The molecule has 2 rings (SSSR count). The molecule has 0 unspecified atom stereocenters. The monoisotopic (exact) mass is 254 g/mol. The summed E-state index contributed by atoms with van der Waals surface area (Å²) >= 11 is 0. The zero-order valence-electron chi connectivity index (χ0n) is 9.50. The maximum atomic E-state index is 13.3. The van der Waals surface area contributed by atoms with Crippen LogP contribution < -0.4 is 10.6 Å². The molecule has 0 radical (unpaired) electrons. The zero-order chi connectivity index (χ0) is 13.1. The fourth-order valence-electron chi connectivity index (χ4n) is 1.82. The molecule has 18 heavy (non-hydrogen) atoms. The molecule has 1 heterocycles. The van der Waals surface area contributed by atoms with Crippen molar-refractivity contribution in [2.75, 3.05) is 6.54 Å². The van der Waals surface area contributed by atoms with Crippen LogP contribution in [-0.4, -0.2) is 24.4 Å². The number of carbonyl (C=O) groups is 2. The van der Waals surface area contributed by atoms with Crippen molar-refractivity contribution in [1.82, 2.24) is 10.6 Å². The largest absolute Gasteiger partial charge is 0.354 e. The van der Waals surface area contributed by atoms with Crippen LogP contribution in [-0.2, 0) is 4.79 Å². The van der Waals surface area contributed by atoms with Gasteiger partial charge in [-0.15, -0.1) is 0 Å². The van der Waals surface area contributed by atoms with Crippen molar-refractivity contribution in [3.8, 4) is 0 Å². The Bertz CT molecular complexity index is 491. The minimum Gasteiger partial charge on any atom is -0.354 e. The lowest BCUT2D eigenvalue weighted by Gasteiger charge is -2.22. The number of nitrogens with one attached hydrogen (secondary N) is 2. The summed E-state index contributed by atoms with van der Waals surface area (Å²) in [6.07, 6.45) is 1.23. The molecule has 4 nitrogen and oxygen atoms in total. The van der Waals surface area contributed by atoms with Crippen molar-refractivity contribution in [3.63, 3.8) is 0 Å². The lowest BCUT2D eigenvalue weighted by Crippen LogP contribution is -2.50. The van der Waals surface area contributed by atoms with Gasteiger partial charge in [0.15, 0.2) is 0 Å². The Morgan fingerprint density at radius 2 is 2.17 bits per heavy atom. The quantitative estimate of drug-likeness (QED) is 0.826. The van der Waals surface area contributed by atoms with Gasteiger partial charge in [0.2, 0.25) is 5.91 Å². The summed E-state index contributed by atoms with van der Waals surface area (Å²) in [6.45, 7) is 0.569. The summed E-state index contributed by atoms with van der Waals surface area (Å²) in [5, 5.41) is 4.99. The Morgan fingerprint density at radius 3 is 2.89 bits per heavy atom. The first-order valence-electron chi connectivity index (χ1n) is 5.61. The van der Waals surface area contributed by atoms with Crippen LogP contribution in [0.4, 0.5) is 8.78 Å². The average molecular weight is 254 g/mol. The molecule has 1 saturated heterocycles. The van der Waals surface area contributed by atoms with Crippen molar-refractivity contribution in [1.29, 1.82) is 0 Å². The van der Waals surface area contributed by atoms with Gasteiger partial charge < -0.3 is 10.6 Å². The highest BCUT2D eigenvalue weighted by Gasteiger charge is 2.25. The Balaban J connectivity index is 2.11. The van der Waals surface area contributed by atoms with Crippen LogP contribution in [0.2, 0.25) is 0 Å². The van der Waals surface area contributed by atoms with Gasteiger partial charge in [0, 0.05) is 6.54 Å². The second-order valence-electron chi connectivity index (χ2n) is 4.08. The van der Waals surface area contributed by atoms with E-state index < -0.39 is 29.1 Å². The Labute approximate surface area is 102 Å². The molecule has 1 aromatic rings. The van der Waals surface area contributed by atoms with Gasteiger partial charge in [0.05, 0.1) is 5.56 Å². The molecule has 6 heteroatoms. The van der Waals surface area contributed by atoms with E-state index in [4.69, 9.17) is 0 Å². The molecule has 0 saturated carbocycles. The number of piperidine rings is 1. The van der Waals surface area contributed by atoms with Crippen molar-refractivity contribution in [2.45, 2.75) is 18.9 Å². The van der Waals surface area contributed by atoms with E-state index in [2.05, 4.69) is 10.6 Å². The first kappa shape index (κ1) is 12.5. The summed E-state index contributed by atoms with van der Waals surface area (Å²) < 4.78 is 26.3. The van der Waals surface area contributed by atoms with Crippen LogP contribution in [0.5, 0.6) is 0 Å². The van der Waals surface area contributed by atoms with E-state index in [1.807, 2.05) is 0 Å². The smallest absolute Gasteiger partial charge is 0.255 e. The lowest BCUT2D eigenvalue weighted by molar-refractivity contribution is -0.124. The van der Waals surface area contributed by atoms with Gasteiger partial charge in [-0.25, -0.2) is 8.78 Å². The van der Waals surface area contributed by atoms with Gasteiger partial charge in [-0.2, -0.15) is 0 Å². The molecule has 1 aliphatic rings. The molecule has 1 atom stereocenters. The number of hydrogen-bond donors (Lipinski definition) is 2. The standard InChI is InChI=1S/C12H12F2N2O2/c13-7-3-4-9(14)8(6-7)11(17)16-10-2-1-5-15-12(10)18/h3-4,6,10H,1-2,5H2,(H,15,18)(H,16,17)/t10-/m0/s1. The third-order valence-electron chi connectivity index (χ3n) is 2.76. The predicted octanol–water partition coefficient (Wildman–Crippen LogP) is 0.973. The maximum absolute atomic E-state index is 13.3. The van der Waals surface area contributed by atoms with Crippen LogP contribution in [0.25, 0.3) is 0 Å². The van der Waals surface area contributed by atoms with Crippen LogP contribution >= 0.6 is 0 Å². The maximum Gasteiger partial charge on any atom is 0.255 e. The number of carbonyl (C=O) groups excluding carboxylic acids is 2. The summed E-state index contributed by atoms with van der Waals surface area (Å²) in [7, 11) is 0. The first-order chi connectivity index (χ1) is 8.58. The molecule has 1 aromatic carbocycles. The normalized spacial score (nSPS) is 19.2. The van der Waals surface area contributed by atoms with Crippen molar-refractivity contribution >= 4 is 11.8 Å². The molecule has 1 fully saturated rings. The van der Waals surface area contributed by atoms with Crippen molar-refractivity contribution in [3.05, 3.63) is 35.4 Å². The molecule has 1 aliphatic heterocycles. The van der Waals surface area contributed by atoms with E-state index in [9.17, 15) is 18.4 Å². The Kier molecular flexibility index (Phi) is 3.55. The van der Waals surface area contributed by atoms with E-state index in [0.717, 1.165) is 24.6 Å². The minimum atomic E-state index is -0.815. The van der Waals surface area contributed by atoms with E-state index in [0.29, 0.717) is 13.0 Å². The number of rotatable bonds is 2. The Morgan fingerprint density at radius 1 is 1.39 bits per heavy atom. The van der Waals surface area contributed by atoms with Gasteiger partial charge in [-0.3, -0.25) is 9.59 Å². The highest BCUT2D eigenvalue weighted by Crippen LogP contribution is 2.11. The zero-order valence-corrected chi connectivity index (χ0v) is 9.50. The minimum absolute atomic E-state index is 0.300. The van der Waals surface area contributed by atoms with Crippen LogP contribution in [0, 0.1) is 11.6 Å². The molecular formula is C12H12F2N2O2. The van der Waals surface area contributed by atoms with E-state index in [1.165, 1.54) is 0 Å². The first-order valence-corrected chi connectivity index (χ1v) is 5.61. The summed E-state index contributed by atoms with van der Waals surface area (Å²) in [6, 6.07) is 1.93. The average Bonchev–Trinajstić information content (AvgIpc) is 2.35. The molecule has 0 spiro atoms. The lowest BCUT2D eigenvalue weighted by atomic mass is 10.1. The fourth-order valence-corrected chi connectivity index (χ4v) is 1.82. The van der Waals surface area contributed by atoms with Gasteiger partial charge in [0.1, 0.15) is 17.7 Å². The van der Waals surface area contributed by atoms with Crippen molar-refractivity contribution < 1.29 is 18.4 Å². The number of hydrogen-bond acceptors (Lipinski definition) is 2. The van der Waals surface area contributed by atoms with E-state index in [1.54, 1.807) is 0 Å². The molecule has 0 bridgehead atoms.